The molecule has 0 bridgehead atoms. The maximum atomic E-state index is 12.6. The van der Waals surface area contributed by atoms with Crippen LogP contribution in [0.25, 0.3) is 10.8 Å². The van der Waals surface area contributed by atoms with Gasteiger partial charge < -0.3 is 10.1 Å². The number of nitrogens with zero attached hydrogens (tertiary/aromatic N) is 3. The molecule has 0 aliphatic rings. The molecule has 2 aromatic heterocycles. The van der Waals surface area contributed by atoms with Crippen LogP contribution in [0, 0.1) is 0 Å². The summed E-state index contributed by atoms with van der Waals surface area (Å²) in [5, 5.41) is 5.04. The van der Waals surface area contributed by atoms with Crippen LogP contribution in [0.15, 0.2) is 54.2 Å². The van der Waals surface area contributed by atoms with Gasteiger partial charge in [-0.15, -0.1) is 11.3 Å². The van der Waals surface area contributed by atoms with Gasteiger partial charge in [-0.3, -0.25) is 9.59 Å². The SMILES string of the molecule is COC(=O)C[C@@H](NC(=O)c1csc(-c2ncccn2)n1)c1ccccc1. The highest BCUT2D eigenvalue weighted by molar-refractivity contribution is 7.13. The Kier molecular flexibility index (Phi) is 5.65. The minimum Gasteiger partial charge on any atom is -0.469 e. The van der Waals surface area contributed by atoms with Crippen molar-refractivity contribution in [1.29, 1.82) is 0 Å². The smallest absolute Gasteiger partial charge is 0.307 e. The van der Waals surface area contributed by atoms with Crippen molar-refractivity contribution in [2.75, 3.05) is 7.11 Å². The van der Waals surface area contributed by atoms with Gasteiger partial charge in [0.05, 0.1) is 19.6 Å². The first-order chi connectivity index (χ1) is 12.7. The van der Waals surface area contributed by atoms with Crippen molar-refractivity contribution < 1.29 is 14.3 Å². The van der Waals surface area contributed by atoms with E-state index in [4.69, 9.17) is 4.74 Å². The number of hydrogen-bond donors (Lipinski definition) is 1. The van der Waals surface area contributed by atoms with Crippen LogP contribution in [0.4, 0.5) is 0 Å². The lowest BCUT2D eigenvalue weighted by molar-refractivity contribution is -0.141. The topological polar surface area (TPSA) is 94.1 Å². The van der Waals surface area contributed by atoms with Crippen LogP contribution in [0.3, 0.4) is 0 Å². The summed E-state index contributed by atoms with van der Waals surface area (Å²) in [5.41, 5.74) is 1.07. The van der Waals surface area contributed by atoms with Crippen molar-refractivity contribution in [3.8, 4) is 10.8 Å². The van der Waals surface area contributed by atoms with E-state index in [0.29, 0.717) is 10.8 Å². The van der Waals surface area contributed by atoms with E-state index >= 15 is 0 Å². The zero-order valence-electron chi connectivity index (χ0n) is 14.0. The van der Waals surface area contributed by atoms with Crippen LogP contribution in [-0.2, 0) is 9.53 Å². The van der Waals surface area contributed by atoms with E-state index in [2.05, 4.69) is 20.3 Å². The molecule has 1 N–H and O–H groups in total. The van der Waals surface area contributed by atoms with Crippen molar-refractivity contribution >= 4 is 23.2 Å². The largest absolute Gasteiger partial charge is 0.469 e. The number of carbonyl (C=O) groups is 2. The van der Waals surface area contributed by atoms with Crippen LogP contribution in [0.5, 0.6) is 0 Å². The standard InChI is InChI=1S/C18H16N4O3S/c1-25-15(23)10-13(12-6-3-2-4-7-12)21-17(24)14-11-26-18(22-14)16-19-8-5-9-20-16/h2-9,11,13H,10H2,1H3,(H,21,24)/t13-/m1/s1. The Balaban J connectivity index is 1.77. The molecule has 0 aliphatic heterocycles. The van der Waals surface area contributed by atoms with Gasteiger partial charge in [-0.05, 0) is 11.6 Å². The van der Waals surface area contributed by atoms with Crippen LogP contribution < -0.4 is 5.32 Å². The second kappa shape index (κ2) is 8.30. The molecule has 0 saturated heterocycles. The summed E-state index contributed by atoms with van der Waals surface area (Å²) < 4.78 is 4.73. The number of carbonyl (C=O) groups excluding carboxylic acids is 2. The molecule has 3 rings (SSSR count). The number of amides is 1. The average molecular weight is 368 g/mol. The molecule has 8 heteroatoms. The lowest BCUT2D eigenvalue weighted by Crippen LogP contribution is -2.30. The number of nitrogens with one attached hydrogen (secondary N) is 1. The molecule has 26 heavy (non-hydrogen) atoms. The van der Waals surface area contributed by atoms with Gasteiger partial charge in [-0.2, -0.15) is 0 Å². The molecular formula is C18H16N4O3S. The lowest BCUT2D eigenvalue weighted by atomic mass is 10.0. The molecule has 1 amide bonds. The first-order valence-corrected chi connectivity index (χ1v) is 8.71. The average Bonchev–Trinajstić information content (AvgIpc) is 3.19. The number of hydrogen-bond acceptors (Lipinski definition) is 7. The predicted octanol–water partition coefficient (Wildman–Crippen LogP) is 2.63. The number of rotatable bonds is 6. The monoisotopic (exact) mass is 368 g/mol. The van der Waals surface area contributed by atoms with Crippen LogP contribution in [0.2, 0.25) is 0 Å². The highest BCUT2D eigenvalue weighted by atomic mass is 32.1. The van der Waals surface area contributed by atoms with E-state index in [0.717, 1.165) is 5.56 Å². The summed E-state index contributed by atoms with van der Waals surface area (Å²) in [6.07, 6.45) is 3.27. The van der Waals surface area contributed by atoms with Crippen LogP contribution >= 0.6 is 11.3 Å². The van der Waals surface area contributed by atoms with Crippen molar-refractivity contribution in [3.63, 3.8) is 0 Å². The lowest BCUT2D eigenvalue weighted by Gasteiger charge is -2.17. The minimum absolute atomic E-state index is 0.0328. The maximum absolute atomic E-state index is 12.6. The summed E-state index contributed by atoms with van der Waals surface area (Å²) in [6, 6.07) is 10.5. The number of thiazole rings is 1. The quantitative estimate of drug-likeness (QED) is 0.672. The van der Waals surface area contributed by atoms with Crippen LogP contribution in [-0.4, -0.2) is 33.9 Å². The number of methoxy groups -OCH3 is 1. The van der Waals surface area contributed by atoms with Crippen molar-refractivity contribution in [3.05, 3.63) is 65.4 Å². The van der Waals surface area contributed by atoms with E-state index < -0.39 is 12.0 Å². The molecule has 0 spiro atoms. The maximum Gasteiger partial charge on any atom is 0.307 e. The second-order valence-corrected chi connectivity index (χ2v) is 6.19. The fourth-order valence-corrected chi connectivity index (χ4v) is 3.05. The van der Waals surface area contributed by atoms with Crippen LogP contribution in [0.1, 0.15) is 28.5 Å². The van der Waals surface area contributed by atoms with Gasteiger partial charge in [0.15, 0.2) is 10.8 Å². The molecule has 7 nitrogen and oxygen atoms in total. The van der Waals surface area contributed by atoms with E-state index in [1.165, 1.54) is 18.4 Å². The van der Waals surface area contributed by atoms with Gasteiger partial charge in [0.2, 0.25) is 0 Å². The molecule has 0 unspecified atom stereocenters. The molecule has 1 aromatic carbocycles. The molecule has 0 fully saturated rings. The van der Waals surface area contributed by atoms with E-state index in [9.17, 15) is 9.59 Å². The first kappa shape index (κ1) is 17.7. The molecule has 3 aromatic rings. The van der Waals surface area contributed by atoms with Gasteiger partial charge in [-0.25, -0.2) is 15.0 Å². The minimum atomic E-state index is -0.505. The van der Waals surface area contributed by atoms with Gasteiger partial charge in [0.25, 0.3) is 5.91 Å². The van der Waals surface area contributed by atoms with E-state index in [1.54, 1.807) is 23.8 Å². The molecule has 132 valence electrons. The Morgan fingerprint density at radius 2 is 1.88 bits per heavy atom. The zero-order chi connectivity index (χ0) is 18.4. The third-order valence-corrected chi connectivity index (χ3v) is 4.44. The fraction of sp³-hybridized carbons (Fsp3) is 0.167. The summed E-state index contributed by atoms with van der Waals surface area (Å²) in [6.45, 7) is 0. The normalized spacial score (nSPS) is 11.6. The molecular weight excluding hydrogens is 352 g/mol. The Labute approximate surface area is 154 Å². The van der Waals surface area contributed by atoms with Gasteiger partial charge in [0, 0.05) is 17.8 Å². The molecule has 1 atom stereocenters. The zero-order valence-corrected chi connectivity index (χ0v) is 14.8. The van der Waals surface area contributed by atoms with Crippen molar-refractivity contribution in [2.45, 2.75) is 12.5 Å². The van der Waals surface area contributed by atoms with Crippen molar-refractivity contribution in [2.24, 2.45) is 0 Å². The second-order valence-electron chi connectivity index (χ2n) is 5.33. The molecule has 0 aliphatic carbocycles. The Bertz CT molecular complexity index is 884. The van der Waals surface area contributed by atoms with E-state index in [1.807, 2.05) is 30.3 Å². The Morgan fingerprint density at radius 3 is 2.58 bits per heavy atom. The number of benzene rings is 1. The Hall–Kier alpha value is -3.13. The fourth-order valence-electron chi connectivity index (χ4n) is 2.31. The van der Waals surface area contributed by atoms with Gasteiger partial charge in [-0.1, -0.05) is 30.3 Å². The van der Waals surface area contributed by atoms with Gasteiger partial charge >= 0.3 is 5.97 Å². The van der Waals surface area contributed by atoms with Crippen molar-refractivity contribution in [1.82, 2.24) is 20.3 Å². The summed E-state index contributed by atoms with van der Waals surface area (Å²) in [4.78, 5) is 36.8. The summed E-state index contributed by atoms with van der Waals surface area (Å²) in [5.74, 6) is -0.317. The highest BCUT2D eigenvalue weighted by Gasteiger charge is 2.21. The third-order valence-electron chi connectivity index (χ3n) is 3.60. The van der Waals surface area contributed by atoms with Gasteiger partial charge in [0.1, 0.15) is 5.69 Å². The molecule has 0 radical (unpaired) electrons. The first-order valence-electron chi connectivity index (χ1n) is 7.83. The number of aromatic nitrogens is 3. The summed E-state index contributed by atoms with van der Waals surface area (Å²) >= 11 is 1.28. The molecule has 2 heterocycles. The summed E-state index contributed by atoms with van der Waals surface area (Å²) in [7, 11) is 1.32. The predicted molar refractivity (Wildman–Crippen MR) is 96.4 cm³/mol. The number of ether oxygens (including phenoxy) is 1. The Morgan fingerprint density at radius 1 is 1.15 bits per heavy atom. The number of esters is 1. The highest BCUT2D eigenvalue weighted by Crippen LogP contribution is 2.21. The molecule has 0 saturated carbocycles. The van der Waals surface area contributed by atoms with E-state index in [-0.39, 0.29) is 18.0 Å². The third kappa shape index (κ3) is 4.28.